The van der Waals surface area contributed by atoms with Gasteiger partial charge in [-0.3, -0.25) is 0 Å². The first-order valence-corrected chi connectivity index (χ1v) is 9.31. The molecule has 1 aliphatic heterocycles. The van der Waals surface area contributed by atoms with E-state index in [-0.39, 0.29) is 12.6 Å². The number of nitrogens with one attached hydrogen (secondary N) is 1. The number of aliphatic hydroxyl groups excluding tert-OH is 1. The molecular weight excluding hydrogens is 344 g/mol. The van der Waals surface area contributed by atoms with E-state index in [2.05, 4.69) is 27.1 Å². The van der Waals surface area contributed by atoms with Crippen LogP contribution in [0.5, 0.6) is 11.5 Å². The Morgan fingerprint density at radius 1 is 1.22 bits per heavy atom. The van der Waals surface area contributed by atoms with Gasteiger partial charge < -0.3 is 24.8 Å². The summed E-state index contributed by atoms with van der Waals surface area (Å²) in [4.78, 5) is 11.0. The van der Waals surface area contributed by atoms with Crippen molar-refractivity contribution < 1.29 is 14.6 Å². The predicted molar refractivity (Wildman–Crippen MR) is 106 cm³/mol. The van der Waals surface area contributed by atoms with Crippen molar-refractivity contribution in [3.8, 4) is 11.5 Å². The van der Waals surface area contributed by atoms with E-state index in [9.17, 15) is 5.11 Å². The van der Waals surface area contributed by atoms with Gasteiger partial charge in [-0.25, -0.2) is 9.97 Å². The number of aromatic nitrogens is 2. The number of piperidine rings is 1. The lowest BCUT2D eigenvalue weighted by Gasteiger charge is -2.32. The summed E-state index contributed by atoms with van der Waals surface area (Å²) in [7, 11) is 3.26. The molecule has 0 spiro atoms. The zero-order valence-electron chi connectivity index (χ0n) is 16.2. The number of benzene rings is 1. The highest BCUT2D eigenvalue weighted by Crippen LogP contribution is 2.31. The van der Waals surface area contributed by atoms with Crippen molar-refractivity contribution in [2.45, 2.75) is 25.8 Å². The first kappa shape index (κ1) is 19.2. The van der Waals surface area contributed by atoms with E-state index in [1.54, 1.807) is 20.5 Å². The Balaban J connectivity index is 1.72. The maximum absolute atomic E-state index is 9.44. The third kappa shape index (κ3) is 4.60. The average Bonchev–Trinajstić information content (AvgIpc) is 2.73. The Bertz CT molecular complexity index is 756. The topological polar surface area (TPSA) is 79.7 Å². The molecule has 2 heterocycles. The van der Waals surface area contributed by atoms with Gasteiger partial charge in [0.25, 0.3) is 0 Å². The van der Waals surface area contributed by atoms with Crippen LogP contribution in [0.4, 0.5) is 11.6 Å². The molecule has 7 nitrogen and oxygen atoms in total. The largest absolute Gasteiger partial charge is 0.493 e. The van der Waals surface area contributed by atoms with Crippen LogP contribution in [-0.2, 0) is 0 Å². The van der Waals surface area contributed by atoms with Crippen LogP contribution >= 0.6 is 0 Å². The maximum Gasteiger partial charge on any atom is 0.161 e. The standard InChI is InChI=1S/C20H28N4O3/c1-14(16-6-7-17(26-2)18(9-16)27-3)23-19-10-20(22-13-21-19)24-8-4-5-15(11-24)12-25/h6-7,9-10,13-15,25H,4-5,8,11-12H2,1-3H3,(H,21,22,23). The summed E-state index contributed by atoms with van der Waals surface area (Å²) >= 11 is 0. The van der Waals surface area contributed by atoms with Gasteiger partial charge in [-0.1, -0.05) is 6.07 Å². The second kappa shape index (κ2) is 8.90. The van der Waals surface area contributed by atoms with E-state index in [0.717, 1.165) is 43.1 Å². The van der Waals surface area contributed by atoms with Gasteiger partial charge in [0.05, 0.1) is 20.3 Å². The molecule has 1 aromatic carbocycles. The Hall–Kier alpha value is -2.54. The summed E-state index contributed by atoms with van der Waals surface area (Å²) < 4.78 is 10.7. The molecule has 146 valence electrons. The van der Waals surface area contributed by atoms with Gasteiger partial charge in [0.15, 0.2) is 11.5 Å². The summed E-state index contributed by atoms with van der Waals surface area (Å²) in [5.74, 6) is 3.39. The summed E-state index contributed by atoms with van der Waals surface area (Å²) in [6.45, 7) is 4.09. The van der Waals surface area contributed by atoms with Crippen molar-refractivity contribution in [1.29, 1.82) is 0 Å². The fraction of sp³-hybridized carbons (Fsp3) is 0.500. The molecule has 3 rings (SSSR count). The van der Waals surface area contributed by atoms with Crippen LogP contribution in [0.2, 0.25) is 0 Å². The summed E-state index contributed by atoms with van der Waals surface area (Å²) in [6.07, 6.45) is 3.72. The quantitative estimate of drug-likeness (QED) is 0.773. The normalized spacial score (nSPS) is 18.1. The van der Waals surface area contributed by atoms with Gasteiger partial charge in [-0.15, -0.1) is 0 Å². The van der Waals surface area contributed by atoms with Crippen molar-refractivity contribution in [2.24, 2.45) is 5.92 Å². The Morgan fingerprint density at radius 3 is 2.78 bits per heavy atom. The van der Waals surface area contributed by atoms with E-state index in [1.807, 2.05) is 24.3 Å². The van der Waals surface area contributed by atoms with Gasteiger partial charge in [0.2, 0.25) is 0 Å². The van der Waals surface area contributed by atoms with Gasteiger partial charge in [-0.2, -0.15) is 0 Å². The molecule has 27 heavy (non-hydrogen) atoms. The molecular formula is C20H28N4O3. The number of hydrogen-bond acceptors (Lipinski definition) is 7. The van der Waals surface area contributed by atoms with Crippen LogP contribution in [0, 0.1) is 5.92 Å². The van der Waals surface area contributed by atoms with Gasteiger partial charge in [0.1, 0.15) is 18.0 Å². The van der Waals surface area contributed by atoms with E-state index in [4.69, 9.17) is 9.47 Å². The average molecular weight is 372 g/mol. The highest BCUT2D eigenvalue weighted by Gasteiger charge is 2.21. The molecule has 7 heteroatoms. The number of methoxy groups -OCH3 is 2. The second-order valence-corrected chi connectivity index (χ2v) is 6.88. The summed E-state index contributed by atoms with van der Waals surface area (Å²) in [5.41, 5.74) is 1.08. The molecule has 0 saturated carbocycles. The number of anilines is 2. The number of ether oxygens (including phenoxy) is 2. The SMILES string of the molecule is COc1ccc(C(C)Nc2cc(N3CCCC(CO)C3)ncn2)cc1OC. The fourth-order valence-electron chi connectivity index (χ4n) is 3.45. The molecule has 0 bridgehead atoms. The molecule has 1 aliphatic rings. The molecule has 0 aliphatic carbocycles. The van der Waals surface area contributed by atoms with E-state index in [0.29, 0.717) is 17.4 Å². The number of hydrogen-bond donors (Lipinski definition) is 2. The number of nitrogens with zero attached hydrogens (tertiary/aromatic N) is 3. The molecule has 2 N–H and O–H groups in total. The monoisotopic (exact) mass is 372 g/mol. The van der Waals surface area contributed by atoms with Crippen LogP contribution in [0.25, 0.3) is 0 Å². The van der Waals surface area contributed by atoms with E-state index >= 15 is 0 Å². The fourth-order valence-corrected chi connectivity index (χ4v) is 3.45. The van der Waals surface area contributed by atoms with Crippen LogP contribution < -0.4 is 19.7 Å². The van der Waals surface area contributed by atoms with E-state index in [1.165, 1.54) is 0 Å². The van der Waals surface area contributed by atoms with Crippen LogP contribution in [-0.4, -0.2) is 49.0 Å². The zero-order chi connectivity index (χ0) is 19.2. The molecule has 2 unspecified atom stereocenters. The van der Waals surface area contributed by atoms with Crippen molar-refractivity contribution in [3.63, 3.8) is 0 Å². The highest BCUT2D eigenvalue weighted by molar-refractivity contribution is 5.51. The van der Waals surface area contributed by atoms with Gasteiger partial charge >= 0.3 is 0 Å². The van der Waals surface area contributed by atoms with Crippen molar-refractivity contribution >= 4 is 11.6 Å². The number of rotatable bonds is 7. The molecule has 1 aromatic heterocycles. The molecule has 2 atom stereocenters. The van der Waals surface area contributed by atoms with Crippen LogP contribution in [0.3, 0.4) is 0 Å². The summed E-state index contributed by atoms with van der Waals surface area (Å²) in [6, 6.07) is 7.89. The first-order valence-electron chi connectivity index (χ1n) is 9.31. The minimum absolute atomic E-state index is 0.0408. The minimum Gasteiger partial charge on any atom is -0.493 e. The lowest BCUT2D eigenvalue weighted by atomic mass is 9.99. The molecule has 1 fully saturated rings. The zero-order valence-corrected chi connectivity index (χ0v) is 16.2. The van der Waals surface area contributed by atoms with Gasteiger partial charge in [0, 0.05) is 25.8 Å². The minimum atomic E-state index is 0.0408. The Morgan fingerprint density at radius 2 is 2.04 bits per heavy atom. The molecule has 1 saturated heterocycles. The Kier molecular flexibility index (Phi) is 6.34. The van der Waals surface area contributed by atoms with Gasteiger partial charge in [-0.05, 0) is 43.4 Å². The molecule has 2 aromatic rings. The Labute approximate surface area is 160 Å². The summed E-state index contributed by atoms with van der Waals surface area (Å²) in [5, 5.41) is 12.9. The second-order valence-electron chi connectivity index (χ2n) is 6.88. The lowest BCUT2D eigenvalue weighted by molar-refractivity contribution is 0.208. The third-order valence-electron chi connectivity index (χ3n) is 5.03. The smallest absolute Gasteiger partial charge is 0.161 e. The predicted octanol–water partition coefficient (Wildman–Crippen LogP) is 2.88. The maximum atomic E-state index is 9.44. The van der Waals surface area contributed by atoms with Crippen molar-refractivity contribution in [3.05, 3.63) is 36.2 Å². The van der Waals surface area contributed by atoms with Crippen molar-refractivity contribution in [1.82, 2.24) is 9.97 Å². The number of aliphatic hydroxyl groups is 1. The van der Waals surface area contributed by atoms with E-state index < -0.39 is 0 Å². The lowest BCUT2D eigenvalue weighted by Crippen LogP contribution is -2.37. The van der Waals surface area contributed by atoms with Crippen molar-refractivity contribution in [2.75, 3.05) is 44.1 Å². The van der Waals surface area contributed by atoms with Crippen LogP contribution in [0.1, 0.15) is 31.4 Å². The molecule has 0 radical (unpaired) electrons. The van der Waals surface area contributed by atoms with Crippen LogP contribution in [0.15, 0.2) is 30.6 Å². The molecule has 0 amide bonds. The third-order valence-corrected chi connectivity index (χ3v) is 5.03. The highest BCUT2D eigenvalue weighted by atomic mass is 16.5. The first-order chi connectivity index (χ1) is 13.1.